The highest BCUT2D eigenvalue weighted by Gasteiger charge is 2.33. The maximum Gasteiger partial charge on any atom is 0.338 e. The molecule has 2 rings (SSSR count). The molecule has 6 heteroatoms. The topological polar surface area (TPSA) is 95.5 Å². The van der Waals surface area contributed by atoms with Gasteiger partial charge in [-0.3, -0.25) is 10.1 Å². The molecule has 1 aromatic rings. The van der Waals surface area contributed by atoms with E-state index in [1.807, 2.05) is 6.92 Å². The van der Waals surface area contributed by atoms with Crippen LogP contribution >= 0.6 is 0 Å². The van der Waals surface area contributed by atoms with E-state index in [2.05, 4.69) is 0 Å². The minimum absolute atomic E-state index is 0.0516. The van der Waals surface area contributed by atoms with Crippen LogP contribution in [0.5, 0.6) is 0 Å². The van der Waals surface area contributed by atoms with Crippen LogP contribution in [0.2, 0.25) is 0 Å². The van der Waals surface area contributed by atoms with E-state index in [1.165, 1.54) is 24.3 Å². The summed E-state index contributed by atoms with van der Waals surface area (Å²) in [6.07, 6.45) is 2.91. The van der Waals surface area contributed by atoms with Crippen LogP contribution in [0, 0.1) is 16.0 Å². The number of nitrogens with zero attached hydrogens (tertiary/aromatic N) is 1. The van der Waals surface area contributed by atoms with Crippen molar-refractivity contribution in [3.8, 4) is 0 Å². The largest absolute Gasteiger partial charge is 0.457 e. The second-order valence-corrected chi connectivity index (χ2v) is 5.22. The lowest BCUT2D eigenvalue weighted by Gasteiger charge is -2.35. The number of hydrogen-bond donors (Lipinski definition) is 1. The SMILES string of the molecule is C[C@H](N)C(OC(=O)c1ccc([N+](=O)[O-])cc1)C1CCC1. The second kappa shape index (κ2) is 6.00. The molecule has 6 nitrogen and oxygen atoms in total. The highest BCUT2D eigenvalue weighted by molar-refractivity contribution is 5.89. The number of nitro benzene ring substituents is 1. The molecule has 1 unspecified atom stereocenters. The third kappa shape index (κ3) is 3.14. The molecule has 0 saturated heterocycles. The van der Waals surface area contributed by atoms with Crippen LogP contribution in [0.3, 0.4) is 0 Å². The molecule has 20 heavy (non-hydrogen) atoms. The number of nitrogens with two attached hydrogens (primary N) is 1. The molecule has 108 valence electrons. The van der Waals surface area contributed by atoms with Gasteiger partial charge in [0.15, 0.2) is 0 Å². The first-order valence-electron chi connectivity index (χ1n) is 6.70. The Labute approximate surface area is 117 Å². The van der Waals surface area contributed by atoms with Gasteiger partial charge in [-0.25, -0.2) is 4.79 Å². The van der Waals surface area contributed by atoms with E-state index in [0.29, 0.717) is 11.5 Å². The maximum atomic E-state index is 12.0. The van der Waals surface area contributed by atoms with E-state index in [4.69, 9.17) is 10.5 Å². The molecule has 0 aliphatic heterocycles. The lowest BCUT2D eigenvalue weighted by molar-refractivity contribution is -0.384. The van der Waals surface area contributed by atoms with Crippen LogP contribution in [0.1, 0.15) is 36.5 Å². The van der Waals surface area contributed by atoms with Gasteiger partial charge in [0.25, 0.3) is 5.69 Å². The van der Waals surface area contributed by atoms with Crippen LogP contribution in [0.4, 0.5) is 5.69 Å². The molecule has 1 aliphatic rings. The number of ether oxygens (including phenoxy) is 1. The summed E-state index contributed by atoms with van der Waals surface area (Å²) in [6.45, 7) is 1.83. The summed E-state index contributed by atoms with van der Waals surface area (Å²) in [4.78, 5) is 22.1. The van der Waals surface area contributed by atoms with Gasteiger partial charge in [-0.05, 0) is 37.8 Å². The van der Waals surface area contributed by atoms with Crippen molar-refractivity contribution < 1.29 is 14.5 Å². The molecule has 0 spiro atoms. The molecule has 0 heterocycles. The molecule has 0 radical (unpaired) electrons. The number of benzene rings is 1. The average Bonchev–Trinajstić information content (AvgIpc) is 2.35. The summed E-state index contributed by atoms with van der Waals surface area (Å²) in [5.41, 5.74) is 6.13. The Hall–Kier alpha value is -1.95. The summed E-state index contributed by atoms with van der Waals surface area (Å²) in [6, 6.07) is 5.17. The number of non-ortho nitro benzene ring substituents is 1. The Morgan fingerprint density at radius 3 is 2.40 bits per heavy atom. The van der Waals surface area contributed by atoms with Crippen molar-refractivity contribution in [1.29, 1.82) is 0 Å². The first-order valence-corrected chi connectivity index (χ1v) is 6.70. The van der Waals surface area contributed by atoms with Crippen LogP contribution in [0.25, 0.3) is 0 Å². The van der Waals surface area contributed by atoms with Gasteiger partial charge >= 0.3 is 5.97 Å². The summed E-state index contributed by atoms with van der Waals surface area (Å²) < 4.78 is 5.47. The van der Waals surface area contributed by atoms with Crippen molar-refractivity contribution >= 4 is 11.7 Å². The number of carbonyl (C=O) groups is 1. The fourth-order valence-electron chi connectivity index (χ4n) is 2.31. The predicted molar refractivity (Wildman–Crippen MR) is 73.3 cm³/mol. The standard InChI is InChI=1S/C14H18N2O4/c1-9(15)13(10-3-2-4-10)20-14(17)11-5-7-12(8-6-11)16(18)19/h5-10,13H,2-4,15H2,1H3/t9-,13?/m0/s1. The minimum Gasteiger partial charge on any atom is -0.457 e. The molecule has 1 saturated carbocycles. The van der Waals surface area contributed by atoms with Crippen molar-refractivity contribution in [2.24, 2.45) is 11.7 Å². The molecule has 0 amide bonds. The zero-order valence-corrected chi connectivity index (χ0v) is 11.3. The van der Waals surface area contributed by atoms with Crippen molar-refractivity contribution in [3.05, 3.63) is 39.9 Å². The Morgan fingerprint density at radius 2 is 2.00 bits per heavy atom. The first-order chi connectivity index (χ1) is 9.49. The highest BCUT2D eigenvalue weighted by atomic mass is 16.6. The highest BCUT2D eigenvalue weighted by Crippen LogP contribution is 2.32. The fraction of sp³-hybridized carbons (Fsp3) is 0.500. The van der Waals surface area contributed by atoms with Crippen LogP contribution < -0.4 is 5.73 Å². The zero-order chi connectivity index (χ0) is 14.7. The molecule has 0 bridgehead atoms. The quantitative estimate of drug-likeness (QED) is 0.506. The minimum atomic E-state index is -0.506. The van der Waals surface area contributed by atoms with Crippen LogP contribution in [-0.2, 0) is 4.74 Å². The number of carbonyl (C=O) groups excluding carboxylic acids is 1. The third-order valence-electron chi connectivity index (χ3n) is 3.69. The molecular formula is C14H18N2O4. The number of nitro groups is 1. The van der Waals surface area contributed by atoms with Crippen molar-refractivity contribution in [2.75, 3.05) is 0 Å². The number of hydrogen-bond acceptors (Lipinski definition) is 5. The molecule has 0 aromatic heterocycles. The van der Waals surface area contributed by atoms with Gasteiger partial charge in [0, 0.05) is 18.2 Å². The molecule has 2 N–H and O–H groups in total. The maximum absolute atomic E-state index is 12.0. The van der Waals surface area contributed by atoms with Gasteiger partial charge in [0.2, 0.25) is 0 Å². The van der Waals surface area contributed by atoms with E-state index in [-0.39, 0.29) is 17.8 Å². The van der Waals surface area contributed by atoms with Crippen molar-refractivity contribution in [3.63, 3.8) is 0 Å². The zero-order valence-electron chi connectivity index (χ0n) is 11.3. The number of esters is 1. The monoisotopic (exact) mass is 278 g/mol. The van der Waals surface area contributed by atoms with Crippen LogP contribution in [-0.4, -0.2) is 23.0 Å². The second-order valence-electron chi connectivity index (χ2n) is 5.22. The number of rotatable bonds is 5. The first kappa shape index (κ1) is 14.5. The molecule has 1 fully saturated rings. The van der Waals surface area contributed by atoms with Gasteiger partial charge < -0.3 is 10.5 Å². The van der Waals surface area contributed by atoms with E-state index in [9.17, 15) is 14.9 Å². The lowest BCUT2D eigenvalue weighted by atomic mass is 9.79. The van der Waals surface area contributed by atoms with Gasteiger partial charge in [0.05, 0.1) is 10.5 Å². The third-order valence-corrected chi connectivity index (χ3v) is 3.69. The Kier molecular flexibility index (Phi) is 4.34. The van der Waals surface area contributed by atoms with E-state index in [0.717, 1.165) is 19.3 Å². The summed E-state index contributed by atoms with van der Waals surface area (Å²) in [7, 11) is 0. The summed E-state index contributed by atoms with van der Waals surface area (Å²) in [5.74, 6) is -0.147. The molecule has 1 aromatic carbocycles. The van der Waals surface area contributed by atoms with Crippen LogP contribution in [0.15, 0.2) is 24.3 Å². The van der Waals surface area contributed by atoms with Gasteiger partial charge in [0.1, 0.15) is 6.10 Å². The van der Waals surface area contributed by atoms with Crippen molar-refractivity contribution in [2.45, 2.75) is 38.3 Å². The molecule has 1 aliphatic carbocycles. The molecule has 2 atom stereocenters. The molecular weight excluding hydrogens is 260 g/mol. The van der Waals surface area contributed by atoms with Crippen molar-refractivity contribution in [1.82, 2.24) is 0 Å². The Bertz CT molecular complexity index is 494. The van der Waals surface area contributed by atoms with Gasteiger partial charge in [-0.15, -0.1) is 0 Å². The van der Waals surface area contributed by atoms with Gasteiger partial charge in [-0.2, -0.15) is 0 Å². The Balaban J connectivity index is 2.04. The summed E-state index contributed by atoms with van der Waals surface area (Å²) >= 11 is 0. The fourth-order valence-corrected chi connectivity index (χ4v) is 2.31. The summed E-state index contributed by atoms with van der Waals surface area (Å²) in [5, 5.41) is 10.6. The van der Waals surface area contributed by atoms with Gasteiger partial charge in [-0.1, -0.05) is 6.42 Å². The smallest absolute Gasteiger partial charge is 0.338 e. The predicted octanol–water partition coefficient (Wildman–Crippen LogP) is 2.27. The average molecular weight is 278 g/mol. The van der Waals surface area contributed by atoms with E-state index < -0.39 is 10.9 Å². The lowest BCUT2D eigenvalue weighted by Crippen LogP contribution is -2.43. The van der Waals surface area contributed by atoms with E-state index >= 15 is 0 Å². The van der Waals surface area contributed by atoms with E-state index in [1.54, 1.807) is 0 Å². The normalized spacial score (nSPS) is 17.9. The Morgan fingerprint density at radius 1 is 1.40 bits per heavy atom.